The molecule has 6 nitrogen and oxygen atoms in total. The highest BCUT2D eigenvalue weighted by atomic mass is 19.1. The van der Waals surface area contributed by atoms with E-state index in [0.717, 1.165) is 6.42 Å². The van der Waals surface area contributed by atoms with Crippen LogP contribution in [0.5, 0.6) is 0 Å². The van der Waals surface area contributed by atoms with Crippen molar-refractivity contribution in [3.63, 3.8) is 0 Å². The summed E-state index contributed by atoms with van der Waals surface area (Å²) in [5.41, 5.74) is 0.440. The van der Waals surface area contributed by atoms with E-state index in [1.54, 1.807) is 11.8 Å². The molecule has 0 radical (unpaired) electrons. The molecule has 2 N–H and O–H groups in total. The zero-order chi connectivity index (χ0) is 19.1. The van der Waals surface area contributed by atoms with Crippen LogP contribution in [-0.2, 0) is 9.59 Å². The molecule has 0 aliphatic carbocycles. The highest BCUT2D eigenvalue weighted by Crippen LogP contribution is 2.19. The van der Waals surface area contributed by atoms with Gasteiger partial charge in [-0.3, -0.25) is 14.4 Å². The van der Waals surface area contributed by atoms with Gasteiger partial charge in [0.2, 0.25) is 11.8 Å². The largest absolute Gasteiger partial charge is 0.354 e. The molecule has 0 bridgehead atoms. The first kappa shape index (κ1) is 19.9. The summed E-state index contributed by atoms with van der Waals surface area (Å²) < 4.78 is 13.0. The SMILES string of the molecule is CCCNC(=O)C(C)NC(=O)C1CCN(C(=O)c2ccc(F)cc2)CC1. The minimum Gasteiger partial charge on any atom is -0.354 e. The number of benzene rings is 1. The molecular formula is C19H26FN3O3. The topological polar surface area (TPSA) is 78.5 Å². The molecule has 142 valence electrons. The van der Waals surface area contributed by atoms with E-state index < -0.39 is 6.04 Å². The Morgan fingerprint density at radius 3 is 2.38 bits per heavy atom. The Labute approximate surface area is 153 Å². The first-order chi connectivity index (χ1) is 12.4. The van der Waals surface area contributed by atoms with Crippen molar-refractivity contribution in [2.75, 3.05) is 19.6 Å². The molecule has 7 heteroatoms. The summed E-state index contributed by atoms with van der Waals surface area (Å²) in [5.74, 6) is -1.10. The predicted octanol–water partition coefficient (Wildman–Crippen LogP) is 1.71. The van der Waals surface area contributed by atoms with Gasteiger partial charge in [0.05, 0.1) is 0 Å². The molecule has 0 saturated carbocycles. The first-order valence-electron chi connectivity index (χ1n) is 9.05. The van der Waals surface area contributed by atoms with Gasteiger partial charge in [-0.15, -0.1) is 0 Å². The lowest BCUT2D eigenvalue weighted by Gasteiger charge is -2.32. The van der Waals surface area contributed by atoms with Gasteiger partial charge in [0.15, 0.2) is 0 Å². The second kappa shape index (κ2) is 9.31. The quantitative estimate of drug-likeness (QED) is 0.808. The van der Waals surface area contributed by atoms with Crippen LogP contribution in [0.3, 0.4) is 0 Å². The minimum atomic E-state index is -0.576. The fourth-order valence-corrected chi connectivity index (χ4v) is 2.92. The fraction of sp³-hybridized carbons (Fsp3) is 0.526. The zero-order valence-corrected chi connectivity index (χ0v) is 15.3. The maximum Gasteiger partial charge on any atom is 0.253 e. The highest BCUT2D eigenvalue weighted by Gasteiger charge is 2.29. The number of hydrogen-bond acceptors (Lipinski definition) is 3. The lowest BCUT2D eigenvalue weighted by molar-refractivity contribution is -0.131. The predicted molar refractivity (Wildman–Crippen MR) is 95.9 cm³/mol. The minimum absolute atomic E-state index is 0.155. The van der Waals surface area contributed by atoms with Gasteiger partial charge in [0.1, 0.15) is 11.9 Å². The third-order valence-electron chi connectivity index (χ3n) is 4.55. The van der Waals surface area contributed by atoms with Gasteiger partial charge in [0.25, 0.3) is 5.91 Å². The molecule has 1 fully saturated rings. The molecule has 1 saturated heterocycles. The number of amides is 3. The number of hydrogen-bond donors (Lipinski definition) is 2. The molecule has 0 spiro atoms. The normalized spacial score (nSPS) is 16.0. The molecule has 26 heavy (non-hydrogen) atoms. The van der Waals surface area contributed by atoms with E-state index in [-0.39, 0.29) is 29.5 Å². The first-order valence-corrected chi connectivity index (χ1v) is 9.05. The maximum absolute atomic E-state index is 13.0. The number of rotatable bonds is 6. The van der Waals surface area contributed by atoms with Crippen molar-refractivity contribution < 1.29 is 18.8 Å². The summed E-state index contributed by atoms with van der Waals surface area (Å²) in [6.45, 7) is 5.14. The van der Waals surface area contributed by atoms with Crippen LogP contribution in [0.1, 0.15) is 43.5 Å². The Balaban J connectivity index is 1.81. The molecule has 0 aromatic heterocycles. The number of likely N-dealkylation sites (tertiary alicyclic amines) is 1. The highest BCUT2D eigenvalue weighted by molar-refractivity contribution is 5.94. The Morgan fingerprint density at radius 1 is 1.19 bits per heavy atom. The number of nitrogens with one attached hydrogen (secondary N) is 2. The summed E-state index contributed by atoms with van der Waals surface area (Å²) in [6, 6.07) is 4.88. The standard InChI is InChI=1S/C19H26FN3O3/c1-3-10-21-17(24)13(2)22-18(25)14-8-11-23(12-9-14)19(26)15-4-6-16(20)7-5-15/h4-7,13-14H,3,8-12H2,1-2H3,(H,21,24)(H,22,25). The van der Waals surface area contributed by atoms with Gasteiger partial charge < -0.3 is 15.5 Å². The molecular weight excluding hydrogens is 337 g/mol. The van der Waals surface area contributed by atoms with Crippen molar-refractivity contribution in [3.8, 4) is 0 Å². The smallest absolute Gasteiger partial charge is 0.253 e. The number of halogens is 1. The lowest BCUT2D eigenvalue weighted by Crippen LogP contribution is -2.49. The Kier molecular flexibility index (Phi) is 7.12. The third kappa shape index (κ3) is 5.28. The van der Waals surface area contributed by atoms with Crippen LogP contribution in [0, 0.1) is 11.7 Å². The molecule has 1 heterocycles. The van der Waals surface area contributed by atoms with E-state index in [1.807, 2.05) is 6.92 Å². The molecule has 2 rings (SSSR count). The van der Waals surface area contributed by atoms with E-state index in [1.165, 1.54) is 24.3 Å². The number of carbonyl (C=O) groups is 3. The van der Waals surface area contributed by atoms with E-state index in [2.05, 4.69) is 10.6 Å². The van der Waals surface area contributed by atoms with Gasteiger partial charge in [0, 0.05) is 31.1 Å². The van der Waals surface area contributed by atoms with Crippen molar-refractivity contribution >= 4 is 17.7 Å². The van der Waals surface area contributed by atoms with E-state index in [4.69, 9.17) is 0 Å². The van der Waals surface area contributed by atoms with E-state index in [0.29, 0.717) is 38.0 Å². The average Bonchev–Trinajstić information content (AvgIpc) is 2.66. The monoisotopic (exact) mass is 363 g/mol. The van der Waals surface area contributed by atoms with Crippen molar-refractivity contribution in [1.82, 2.24) is 15.5 Å². The summed E-state index contributed by atoms with van der Waals surface area (Å²) in [5, 5.41) is 5.50. The van der Waals surface area contributed by atoms with Crippen molar-refractivity contribution in [2.24, 2.45) is 5.92 Å². The molecule has 3 amide bonds. The summed E-state index contributed by atoms with van der Waals surface area (Å²) in [6.07, 6.45) is 1.93. The van der Waals surface area contributed by atoms with Gasteiger partial charge in [-0.25, -0.2) is 4.39 Å². The Morgan fingerprint density at radius 2 is 1.81 bits per heavy atom. The molecule has 1 aliphatic heterocycles. The summed E-state index contributed by atoms with van der Waals surface area (Å²) in [4.78, 5) is 38.3. The lowest BCUT2D eigenvalue weighted by atomic mass is 9.95. The van der Waals surface area contributed by atoms with Crippen LogP contribution in [-0.4, -0.2) is 48.3 Å². The second-order valence-electron chi connectivity index (χ2n) is 6.59. The second-order valence-corrected chi connectivity index (χ2v) is 6.59. The van der Waals surface area contributed by atoms with Gasteiger partial charge in [-0.05, 0) is 50.5 Å². The Hall–Kier alpha value is -2.44. The molecule has 1 aliphatic rings. The van der Waals surface area contributed by atoms with Gasteiger partial charge in [-0.1, -0.05) is 6.92 Å². The van der Waals surface area contributed by atoms with Crippen LogP contribution in [0.2, 0.25) is 0 Å². The molecule has 1 aromatic rings. The van der Waals surface area contributed by atoms with Crippen LogP contribution in [0.25, 0.3) is 0 Å². The van der Waals surface area contributed by atoms with Crippen molar-refractivity contribution in [2.45, 2.75) is 39.2 Å². The molecule has 1 unspecified atom stereocenters. The zero-order valence-electron chi connectivity index (χ0n) is 15.3. The Bertz CT molecular complexity index is 640. The average molecular weight is 363 g/mol. The summed E-state index contributed by atoms with van der Waals surface area (Å²) in [7, 11) is 0. The van der Waals surface area contributed by atoms with Gasteiger partial charge >= 0.3 is 0 Å². The van der Waals surface area contributed by atoms with E-state index in [9.17, 15) is 18.8 Å². The fourth-order valence-electron chi connectivity index (χ4n) is 2.92. The number of nitrogens with zero attached hydrogens (tertiary/aromatic N) is 1. The van der Waals surface area contributed by atoms with Crippen LogP contribution in [0.15, 0.2) is 24.3 Å². The number of carbonyl (C=O) groups excluding carboxylic acids is 3. The van der Waals surface area contributed by atoms with Crippen LogP contribution >= 0.6 is 0 Å². The van der Waals surface area contributed by atoms with Crippen molar-refractivity contribution in [3.05, 3.63) is 35.6 Å². The molecule has 1 aromatic carbocycles. The van der Waals surface area contributed by atoms with E-state index >= 15 is 0 Å². The van der Waals surface area contributed by atoms with Crippen LogP contribution < -0.4 is 10.6 Å². The maximum atomic E-state index is 13.0. The van der Waals surface area contributed by atoms with Gasteiger partial charge in [-0.2, -0.15) is 0 Å². The number of piperidine rings is 1. The van der Waals surface area contributed by atoms with Crippen molar-refractivity contribution in [1.29, 1.82) is 0 Å². The van der Waals surface area contributed by atoms with Crippen LogP contribution in [0.4, 0.5) is 4.39 Å². The molecule has 1 atom stereocenters. The summed E-state index contributed by atoms with van der Waals surface area (Å²) >= 11 is 0. The third-order valence-corrected chi connectivity index (χ3v) is 4.55.